The summed E-state index contributed by atoms with van der Waals surface area (Å²) >= 11 is 0. The van der Waals surface area contributed by atoms with Gasteiger partial charge in [0.25, 0.3) is 0 Å². The van der Waals surface area contributed by atoms with E-state index >= 15 is 0 Å². The third-order valence-electron chi connectivity index (χ3n) is 5.87. The molecule has 1 saturated heterocycles. The second-order valence-electron chi connectivity index (χ2n) is 7.28. The summed E-state index contributed by atoms with van der Waals surface area (Å²) < 4.78 is 33.4. The number of aliphatic hydroxyl groups is 1. The lowest BCUT2D eigenvalue weighted by Crippen LogP contribution is -2.34. The summed E-state index contributed by atoms with van der Waals surface area (Å²) in [5.74, 6) is -0.369. The Labute approximate surface area is 146 Å². The van der Waals surface area contributed by atoms with Gasteiger partial charge in [0, 0.05) is 12.5 Å². The summed E-state index contributed by atoms with van der Waals surface area (Å²) in [4.78, 5) is 0. The van der Waals surface area contributed by atoms with Gasteiger partial charge in [0.1, 0.15) is 11.6 Å². The monoisotopic (exact) mass is 344 g/mol. The van der Waals surface area contributed by atoms with Gasteiger partial charge < -0.3 is 9.84 Å². The van der Waals surface area contributed by atoms with Crippen molar-refractivity contribution in [3.05, 3.63) is 71.3 Å². The van der Waals surface area contributed by atoms with E-state index in [9.17, 15) is 13.9 Å². The Morgan fingerprint density at radius 2 is 1.72 bits per heavy atom. The third-order valence-corrected chi connectivity index (χ3v) is 5.87. The molecule has 0 radical (unpaired) electrons. The molecular weight excluding hydrogens is 322 g/mol. The lowest BCUT2D eigenvalue weighted by Gasteiger charge is -2.34. The standard InChI is InChI=1S/C21H22F2O2/c22-17-6-4-14(5-7-17)20-16(13-24)8-10-21(20)11-9-19(25-21)15-2-1-3-18(23)12-15/h1-7,12,16,19-20,24H,8-11,13H2/t16-,19?,20-,21-/m1/s1. The first-order valence-corrected chi connectivity index (χ1v) is 8.91. The number of ether oxygens (including phenoxy) is 1. The molecule has 4 atom stereocenters. The Kier molecular flexibility index (Phi) is 4.34. The number of hydrogen-bond acceptors (Lipinski definition) is 2. The van der Waals surface area contributed by atoms with E-state index in [0.717, 1.165) is 36.8 Å². The normalized spacial score (nSPS) is 31.7. The molecule has 25 heavy (non-hydrogen) atoms. The lowest BCUT2D eigenvalue weighted by atomic mass is 9.79. The Balaban J connectivity index is 1.64. The van der Waals surface area contributed by atoms with E-state index in [2.05, 4.69) is 0 Å². The topological polar surface area (TPSA) is 29.5 Å². The molecule has 2 aromatic carbocycles. The van der Waals surface area contributed by atoms with Crippen molar-refractivity contribution in [2.24, 2.45) is 5.92 Å². The van der Waals surface area contributed by atoms with Crippen LogP contribution in [-0.2, 0) is 4.74 Å². The Bertz CT molecular complexity index is 746. The fourth-order valence-corrected chi connectivity index (χ4v) is 4.76. The molecule has 2 fully saturated rings. The van der Waals surface area contributed by atoms with Gasteiger partial charge in [-0.3, -0.25) is 0 Å². The molecule has 1 aliphatic heterocycles. The van der Waals surface area contributed by atoms with Crippen LogP contribution in [0.3, 0.4) is 0 Å². The molecule has 0 aromatic heterocycles. The quantitative estimate of drug-likeness (QED) is 0.871. The fourth-order valence-electron chi connectivity index (χ4n) is 4.76. The summed E-state index contributed by atoms with van der Waals surface area (Å²) in [6, 6.07) is 13.1. The average Bonchev–Trinajstić information content (AvgIpc) is 3.20. The fraction of sp³-hybridized carbons (Fsp3) is 0.429. The number of rotatable bonds is 3. The van der Waals surface area contributed by atoms with E-state index < -0.39 is 0 Å². The largest absolute Gasteiger partial charge is 0.396 e. The summed E-state index contributed by atoms with van der Waals surface area (Å²) in [5, 5.41) is 9.84. The van der Waals surface area contributed by atoms with Crippen LogP contribution >= 0.6 is 0 Å². The van der Waals surface area contributed by atoms with Gasteiger partial charge in [-0.1, -0.05) is 24.3 Å². The minimum absolute atomic E-state index is 0.0386. The van der Waals surface area contributed by atoms with E-state index in [1.165, 1.54) is 24.3 Å². The van der Waals surface area contributed by atoms with Gasteiger partial charge in [-0.05, 0) is 67.0 Å². The van der Waals surface area contributed by atoms with Gasteiger partial charge in [0.2, 0.25) is 0 Å². The average molecular weight is 344 g/mol. The van der Waals surface area contributed by atoms with Crippen molar-refractivity contribution >= 4 is 0 Å². The van der Waals surface area contributed by atoms with Gasteiger partial charge in [-0.2, -0.15) is 0 Å². The molecule has 4 heteroatoms. The van der Waals surface area contributed by atoms with Crippen LogP contribution < -0.4 is 0 Å². The lowest BCUT2D eigenvalue weighted by molar-refractivity contribution is -0.0548. The first kappa shape index (κ1) is 16.7. The van der Waals surface area contributed by atoms with E-state index in [1.54, 1.807) is 18.2 Å². The molecule has 2 aromatic rings. The number of benzene rings is 2. The van der Waals surface area contributed by atoms with Crippen molar-refractivity contribution in [1.29, 1.82) is 0 Å². The SMILES string of the molecule is OC[C@H]1CC[C@@]2(CCC(c3cccc(F)c3)O2)[C@@H]1c1ccc(F)cc1. The Morgan fingerprint density at radius 3 is 2.44 bits per heavy atom. The Hall–Kier alpha value is -1.78. The van der Waals surface area contributed by atoms with Crippen molar-refractivity contribution in [3.8, 4) is 0 Å². The van der Waals surface area contributed by atoms with Crippen LogP contribution in [0.4, 0.5) is 8.78 Å². The zero-order valence-corrected chi connectivity index (χ0v) is 14.0. The van der Waals surface area contributed by atoms with Crippen molar-refractivity contribution in [3.63, 3.8) is 0 Å². The van der Waals surface area contributed by atoms with Gasteiger partial charge in [0.15, 0.2) is 0 Å². The molecule has 1 aliphatic carbocycles. The van der Waals surface area contributed by atoms with Crippen LogP contribution in [-0.4, -0.2) is 17.3 Å². The van der Waals surface area contributed by atoms with Crippen LogP contribution in [0, 0.1) is 17.6 Å². The number of aliphatic hydroxyl groups excluding tert-OH is 1. The van der Waals surface area contributed by atoms with Crippen molar-refractivity contribution < 1.29 is 18.6 Å². The predicted molar refractivity (Wildman–Crippen MR) is 91.1 cm³/mol. The maximum atomic E-state index is 13.6. The maximum absolute atomic E-state index is 13.6. The first-order chi connectivity index (χ1) is 12.1. The van der Waals surface area contributed by atoms with Crippen LogP contribution in [0.1, 0.15) is 48.8 Å². The first-order valence-electron chi connectivity index (χ1n) is 8.91. The highest BCUT2D eigenvalue weighted by Crippen LogP contribution is 2.57. The molecule has 1 saturated carbocycles. The predicted octanol–water partition coefficient (Wildman–Crippen LogP) is 4.74. The molecule has 0 amide bonds. The zero-order valence-electron chi connectivity index (χ0n) is 14.0. The van der Waals surface area contributed by atoms with Crippen molar-refractivity contribution in [1.82, 2.24) is 0 Å². The summed E-state index contributed by atoms with van der Waals surface area (Å²) in [7, 11) is 0. The minimum atomic E-state index is -0.359. The molecule has 1 heterocycles. The molecule has 2 nitrogen and oxygen atoms in total. The number of halogens is 2. The molecule has 132 valence electrons. The van der Waals surface area contributed by atoms with Crippen molar-refractivity contribution in [2.45, 2.75) is 43.3 Å². The molecule has 1 unspecified atom stereocenters. The second-order valence-corrected chi connectivity index (χ2v) is 7.28. The van der Waals surface area contributed by atoms with Gasteiger partial charge in [-0.15, -0.1) is 0 Å². The van der Waals surface area contributed by atoms with Crippen LogP contribution in [0.5, 0.6) is 0 Å². The minimum Gasteiger partial charge on any atom is -0.396 e. The maximum Gasteiger partial charge on any atom is 0.123 e. The number of hydrogen-bond donors (Lipinski definition) is 1. The van der Waals surface area contributed by atoms with Crippen LogP contribution in [0.15, 0.2) is 48.5 Å². The highest BCUT2D eigenvalue weighted by Gasteiger charge is 2.53. The zero-order chi connectivity index (χ0) is 17.4. The summed E-state index contributed by atoms with van der Waals surface area (Å²) in [6.45, 7) is 0.0950. The molecule has 1 N–H and O–H groups in total. The second kappa shape index (κ2) is 6.50. The van der Waals surface area contributed by atoms with Gasteiger partial charge >= 0.3 is 0 Å². The summed E-state index contributed by atoms with van der Waals surface area (Å²) in [6.07, 6.45) is 3.32. The van der Waals surface area contributed by atoms with Crippen LogP contribution in [0.25, 0.3) is 0 Å². The highest BCUT2D eigenvalue weighted by molar-refractivity contribution is 5.29. The van der Waals surface area contributed by atoms with Gasteiger partial charge in [0.05, 0.1) is 11.7 Å². The van der Waals surface area contributed by atoms with E-state index in [4.69, 9.17) is 4.74 Å². The molecule has 1 spiro atoms. The summed E-state index contributed by atoms with van der Waals surface area (Å²) in [5.41, 5.74) is 1.52. The van der Waals surface area contributed by atoms with E-state index in [1.807, 2.05) is 6.07 Å². The van der Waals surface area contributed by atoms with E-state index in [-0.39, 0.29) is 41.8 Å². The highest BCUT2D eigenvalue weighted by atomic mass is 19.1. The third kappa shape index (κ3) is 2.98. The van der Waals surface area contributed by atoms with Crippen LogP contribution in [0.2, 0.25) is 0 Å². The van der Waals surface area contributed by atoms with Gasteiger partial charge in [-0.25, -0.2) is 8.78 Å². The molecule has 2 aliphatic rings. The van der Waals surface area contributed by atoms with E-state index in [0.29, 0.717) is 0 Å². The van der Waals surface area contributed by atoms with Crippen molar-refractivity contribution in [2.75, 3.05) is 6.61 Å². The molecular formula is C21H22F2O2. The smallest absolute Gasteiger partial charge is 0.123 e. The Morgan fingerprint density at radius 1 is 0.960 bits per heavy atom. The molecule has 4 rings (SSSR count). The molecule has 0 bridgehead atoms.